The summed E-state index contributed by atoms with van der Waals surface area (Å²) in [6, 6.07) is 0.660. The van der Waals surface area contributed by atoms with Gasteiger partial charge in [0.15, 0.2) is 0 Å². The van der Waals surface area contributed by atoms with Gasteiger partial charge >= 0.3 is 0 Å². The van der Waals surface area contributed by atoms with Crippen molar-refractivity contribution in [2.75, 3.05) is 13.1 Å². The zero-order valence-electron chi connectivity index (χ0n) is 9.02. The van der Waals surface area contributed by atoms with Gasteiger partial charge in [-0.1, -0.05) is 12.2 Å². The third-order valence-corrected chi connectivity index (χ3v) is 3.64. The second-order valence-electron chi connectivity index (χ2n) is 4.71. The summed E-state index contributed by atoms with van der Waals surface area (Å²) in [5.41, 5.74) is 0. The molecule has 0 aromatic carbocycles. The van der Waals surface area contributed by atoms with E-state index in [0.29, 0.717) is 12.0 Å². The fraction of sp³-hybridized carbons (Fsp3) is 0.833. The molecule has 1 aliphatic heterocycles. The normalized spacial score (nSPS) is 36.1. The van der Waals surface area contributed by atoms with Gasteiger partial charge < -0.3 is 5.11 Å². The Hall–Kier alpha value is -0.340. The lowest BCUT2D eigenvalue weighted by Gasteiger charge is -2.27. The van der Waals surface area contributed by atoms with E-state index in [9.17, 15) is 5.11 Å². The van der Waals surface area contributed by atoms with Crippen LogP contribution in [0, 0.1) is 5.92 Å². The number of aliphatic hydroxyl groups is 1. The first-order chi connectivity index (χ1) is 6.77. The van der Waals surface area contributed by atoms with Gasteiger partial charge in [-0.3, -0.25) is 4.90 Å². The van der Waals surface area contributed by atoms with E-state index >= 15 is 0 Å². The second-order valence-corrected chi connectivity index (χ2v) is 4.71. The van der Waals surface area contributed by atoms with Crippen LogP contribution in [0.1, 0.15) is 32.6 Å². The Morgan fingerprint density at radius 2 is 2.29 bits per heavy atom. The van der Waals surface area contributed by atoms with Crippen molar-refractivity contribution in [2.45, 2.75) is 44.8 Å². The number of aliphatic hydroxyl groups excluding tert-OH is 1. The minimum atomic E-state index is -0.132. The lowest BCUT2D eigenvalue weighted by molar-refractivity contribution is 0.124. The van der Waals surface area contributed by atoms with Crippen LogP contribution in [-0.4, -0.2) is 35.2 Å². The average molecular weight is 195 g/mol. The van der Waals surface area contributed by atoms with Crippen molar-refractivity contribution in [3.63, 3.8) is 0 Å². The van der Waals surface area contributed by atoms with Gasteiger partial charge in [-0.2, -0.15) is 0 Å². The third-order valence-electron chi connectivity index (χ3n) is 3.64. The molecule has 3 atom stereocenters. The smallest absolute Gasteiger partial charge is 0.0552 e. The van der Waals surface area contributed by atoms with Crippen LogP contribution in [0.15, 0.2) is 12.2 Å². The van der Waals surface area contributed by atoms with E-state index in [1.165, 1.54) is 32.2 Å². The van der Waals surface area contributed by atoms with Gasteiger partial charge in [0.2, 0.25) is 0 Å². The molecule has 14 heavy (non-hydrogen) atoms. The van der Waals surface area contributed by atoms with Crippen LogP contribution < -0.4 is 0 Å². The van der Waals surface area contributed by atoms with Crippen LogP contribution in [0.25, 0.3) is 0 Å². The molecule has 1 saturated heterocycles. The minimum absolute atomic E-state index is 0.132. The van der Waals surface area contributed by atoms with Crippen molar-refractivity contribution in [1.82, 2.24) is 4.90 Å². The van der Waals surface area contributed by atoms with E-state index in [-0.39, 0.29) is 6.10 Å². The minimum Gasteiger partial charge on any atom is -0.393 e. The van der Waals surface area contributed by atoms with Crippen LogP contribution >= 0.6 is 0 Å². The number of likely N-dealkylation sites (tertiary alicyclic amines) is 1. The number of allylic oxidation sites excluding steroid dienone is 1. The molecule has 2 aliphatic rings. The highest BCUT2D eigenvalue weighted by molar-refractivity contribution is 5.00. The lowest BCUT2D eigenvalue weighted by atomic mass is 10.0. The van der Waals surface area contributed by atoms with Crippen molar-refractivity contribution in [1.29, 1.82) is 0 Å². The number of hydrogen-bond acceptors (Lipinski definition) is 2. The van der Waals surface area contributed by atoms with E-state index in [1.54, 1.807) is 0 Å². The van der Waals surface area contributed by atoms with Gasteiger partial charge in [0, 0.05) is 12.6 Å². The molecule has 0 bridgehead atoms. The molecule has 1 fully saturated rings. The Labute approximate surface area is 86.6 Å². The van der Waals surface area contributed by atoms with Gasteiger partial charge in [-0.15, -0.1) is 0 Å². The van der Waals surface area contributed by atoms with Crippen LogP contribution in [0.5, 0.6) is 0 Å². The summed E-state index contributed by atoms with van der Waals surface area (Å²) in [6.45, 7) is 4.18. The summed E-state index contributed by atoms with van der Waals surface area (Å²) in [4.78, 5) is 2.53. The molecule has 0 aromatic heterocycles. The summed E-state index contributed by atoms with van der Waals surface area (Å²) < 4.78 is 0. The van der Waals surface area contributed by atoms with Gasteiger partial charge in [0.05, 0.1) is 6.10 Å². The Balaban J connectivity index is 1.88. The maximum Gasteiger partial charge on any atom is 0.0552 e. The Morgan fingerprint density at radius 1 is 1.43 bits per heavy atom. The first-order valence-corrected chi connectivity index (χ1v) is 5.86. The van der Waals surface area contributed by atoms with Gasteiger partial charge in [0.1, 0.15) is 0 Å². The molecule has 1 heterocycles. The monoisotopic (exact) mass is 195 g/mol. The van der Waals surface area contributed by atoms with Crippen molar-refractivity contribution >= 4 is 0 Å². The van der Waals surface area contributed by atoms with Crippen molar-refractivity contribution in [2.24, 2.45) is 5.92 Å². The molecule has 0 aromatic rings. The Bertz CT molecular complexity index is 212. The number of rotatable bonds is 2. The Kier molecular flexibility index (Phi) is 3.24. The first-order valence-electron chi connectivity index (χ1n) is 5.86. The van der Waals surface area contributed by atoms with E-state index in [0.717, 1.165) is 6.54 Å². The van der Waals surface area contributed by atoms with Crippen molar-refractivity contribution in [3.8, 4) is 0 Å². The largest absolute Gasteiger partial charge is 0.393 e. The zero-order chi connectivity index (χ0) is 9.97. The second kappa shape index (κ2) is 4.45. The lowest BCUT2D eigenvalue weighted by Crippen LogP contribution is -2.33. The predicted molar refractivity (Wildman–Crippen MR) is 58.1 cm³/mol. The highest BCUT2D eigenvalue weighted by Crippen LogP contribution is 2.25. The quantitative estimate of drug-likeness (QED) is 0.679. The highest BCUT2D eigenvalue weighted by Gasteiger charge is 2.29. The molecular weight excluding hydrogens is 174 g/mol. The van der Waals surface area contributed by atoms with E-state index < -0.39 is 0 Å². The summed E-state index contributed by atoms with van der Waals surface area (Å²) in [5, 5.41) is 9.52. The predicted octanol–water partition coefficient (Wildman–Crippen LogP) is 1.80. The molecule has 2 rings (SSSR count). The van der Waals surface area contributed by atoms with Gasteiger partial charge in [-0.25, -0.2) is 0 Å². The average Bonchev–Trinajstić information content (AvgIpc) is 2.68. The molecule has 0 radical (unpaired) electrons. The van der Waals surface area contributed by atoms with Crippen LogP contribution in [0.2, 0.25) is 0 Å². The molecule has 1 aliphatic carbocycles. The van der Waals surface area contributed by atoms with Crippen LogP contribution in [0.3, 0.4) is 0 Å². The molecule has 2 heteroatoms. The van der Waals surface area contributed by atoms with Crippen LogP contribution in [0.4, 0.5) is 0 Å². The zero-order valence-corrected chi connectivity index (χ0v) is 9.02. The first kappa shape index (κ1) is 10.2. The maximum absolute atomic E-state index is 9.52. The fourth-order valence-corrected chi connectivity index (χ4v) is 2.61. The summed E-state index contributed by atoms with van der Waals surface area (Å²) in [6.07, 6.45) is 9.59. The number of nitrogens with zero attached hydrogens (tertiary/aromatic N) is 1. The van der Waals surface area contributed by atoms with Gasteiger partial charge in [0.25, 0.3) is 0 Å². The summed E-state index contributed by atoms with van der Waals surface area (Å²) >= 11 is 0. The highest BCUT2D eigenvalue weighted by atomic mass is 16.3. The molecule has 2 nitrogen and oxygen atoms in total. The molecular formula is C12H21NO. The molecule has 0 spiro atoms. The Morgan fingerprint density at radius 3 is 2.86 bits per heavy atom. The summed E-state index contributed by atoms with van der Waals surface area (Å²) in [7, 11) is 0. The van der Waals surface area contributed by atoms with E-state index in [2.05, 4.69) is 17.1 Å². The molecule has 0 saturated carbocycles. The third kappa shape index (κ3) is 2.18. The summed E-state index contributed by atoms with van der Waals surface area (Å²) in [5.74, 6) is 0.505. The molecule has 3 unspecified atom stereocenters. The van der Waals surface area contributed by atoms with E-state index in [4.69, 9.17) is 0 Å². The van der Waals surface area contributed by atoms with Gasteiger partial charge in [-0.05, 0) is 45.1 Å². The van der Waals surface area contributed by atoms with Crippen molar-refractivity contribution in [3.05, 3.63) is 12.2 Å². The van der Waals surface area contributed by atoms with Crippen LogP contribution in [-0.2, 0) is 0 Å². The maximum atomic E-state index is 9.52. The fourth-order valence-electron chi connectivity index (χ4n) is 2.61. The molecule has 1 N–H and O–H groups in total. The SMILES string of the molecule is CC(O)C1CCN(C2C=CCCC2)C1. The van der Waals surface area contributed by atoms with E-state index in [1.807, 2.05) is 6.92 Å². The molecule has 80 valence electrons. The molecule has 0 amide bonds. The number of hydrogen-bond donors (Lipinski definition) is 1. The van der Waals surface area contributed by atoms with Crippen molar-refractivity contribution < 1.29 is 5.11 Å². The topological polar surface area (TPSA) is 23.5 Å². The standard InChI is InChI=1S/C12H21NO/c1-10(14)11-7-8-13(9-11)12-5-3-2-4-6-12/h3,5,10-12,14H,2,4,6-9H2,1H3.